The smallest absolute Gasteiger partial charge is 0.325 e. The Morgan fingerprint density at radius 3 is 2.66 bits per heavy atom. The van der Waals surface area contributed by atoms with Crippen LogP contribution in [0.2, 0.25) is 0 Å². The third-order valence-corrected chi connectivity index (χ3v) is 5.04. The number of hydrogen-bond donors (Lipinski definition) is 2. The molecule has 1 atom stereocenters. The number of H-pyrrole nitrogens is 1. The van der Waals surface area contributed by atoms with E-state index in [2.05, 4.69) is 25.8 Å². The fraction of sp³-hybridized carbons (Fsp3) is 0.150. The monoisotopic (exact) mass is 387 g/mol. The van der Waals surface area contributed by atoms with Crippen LogP contribution in [0.3, 0.4) is 0 Å². The summed E-state index contributed by atoms with van der Waals surface area (Å²) in [4.78, 5) is 29.7. The fourth-order valence-electron chi connectivity index (χ4n) is 3.60. The van der Waals surface area contributed by atoms with E-state index in [0.717, 1.165) is 27.1 Å². The highest BCUT2D eigenvalue weighted by Gasteiger charge is 2.39. The average Bonchev–Trinajstić information content (AvgIpc) is 3.44. The Morgan fingerprint density at radius 1 is 1.00 bits per heavy atom. The van der Waals surface area contributed by atoms with Gasteiger partial charge in [-0.3, -0.25) is 9.69 Å². The molecule has 3 heterocycles. The van der Waals surface area contributed by atoms with Crippen LogP contribution in [-0.2, 0) is 17.8 Å². The Hall–Kier alpha value is -4.01. The van der Waals surface area contributed by atoms with Gasteiger partial charge in [0.2, 0.25) is 0 Å². The van der Waals surface area contributed by atoms with Gasteiger partial charge in [-0.05, 0) is 34.2 Å². The Kier molecular flexibility index (Phi) is 4.05. The molecule has 9 nitrogen and oxygen atoms in total. The third kappa shape index (κ3) is 3.02. The van der Waals surface area contributed by atoms with E-state index in [1.807, 2.05) is 60.8 Å². The van der Waals surface area contributed by atoms with Crippen LogP contribution in [0, 0.1) is 0 Å². The molecule has 1 fully saturated rings. The SMILES string of the molecule is O=C1N[C@@H](Cc2c[nH]c3ccccc23)C(=O)N1Cc1nnnn1-c1ccccc1. The van der Waals surface area contributed by atoms with Gasteiger partial charge in [-0.25, -0.2) is 4.79 Å². The van der Waals surface area contributed by atoms with Gasteiger partial charge in [-0.2, -0.15) is 4.68 Å². The first-order chi connectivity index (χ1) is 14.2. The molecule has 1 aliphatic rings. The number of rotatable bonds is 5. The molecule has 0 saturated carbocycles. The normalized spacial score (nSPS) is 16.6. The maximum atomic E-state index is 12.9. The summed E-state index contributed by atoms with van der Waals surface area (Å²) in [5.74, 6) is 0.121. The molecule has 0 aliphatic carbocycles. The number of carbonyl (C=O) groups is 2. The highest BCUT2D eigenvalue weighted by Crippen LogP contribution is 2.22. The third-order valence-electron chi connectivity index (χ3n) is 5.04. The van der Waals surface area contributed by atoms with Crippen molar-refractivity contribution in [3.8, 4) is 5.69 Å². The van der Waals surface area contributed by atoms with Gasteiger partial charge in [-0.1, -0.05) is 36.4 Å². The number of para-hydroxylation sites is 2. The predicted molar refractivity (Wildman–Crippen MR) is 104 cm³/mol. The van der Waals surface area contributed by atoms with E-state index in [9.17, 15) is 9.59 Å². The zero-order chi connectivity index (χ0) is 19.8. The highest BCUT2D eigenvalue weighted by molar-refractivity contribution is 6.04. The zero-order valence-electron chi connectivity index (χ0n) is 15.3. The van der Waals surface area contributed by atoms with Gasteiger partial charge < -0.3 is 10.3 Å². The number of aromatic nitrogens is 5. The van der Waals surface area contributed by atoms with E-state index in [1.165, 1.54) is 4.68 Å². The van der Waals surface area contributed by atoms with Gasteiger partial charge in [-0.15, -0.1) is 5.10 Å². The van der Waals surface area contributed by atoms with Crippen molar-refractivity contribution in [2.45, 2.75) is 19.0 Å². The number of tetrazole rings is 1. The van der Waals surface area contributed by atoms with E-state index in [1.54, 1.807) is 0 Å². The minimum absolute atomic E-state index is 0.00303. The molecule has 0 bridgehead atoms. The second kappa shape index (κ2) is 6.86. The molecule has 9 heteroatoms. The van der Waals surface area contributed by atoms with Crippen LogP contribution >= 0.6 is 0 Å². The Labute approximate surface area is 165 Å². The number of aromatic amines is 1. The molecule has 5 rings (SSSR count). The van der Waals surface area contributed by atoms with Crippen LogP contribution < -0.4 is 5.32 Å². The van der Waals surface area contributed by atoms with Crippen LogP contribution in [0.4, 0.5) is 4.79 Å². The van der Waals surface area contributed by atoms with Gasteiger partial charge in [0.05, 0.1) is 12.2 Å². The van der Waals surface area contributed by atoms with Gasteiger partial charge in [0.1, 0.15) is 6.04 Å². The number of fused-ring (bicyclic) bond motifs is 1. The zero-order valence-corrected chi connectivity index (χ0v) is 15.3. The lowest BCUT2D eigenvalue weighted by molar-refractivity contribution is -0.127. The highest BCUT2D eigenvalue weighted by atomic mass is 16.2. The molecule has 0 unspecified atom stereocenters. The van der Waals surface area contributed by atoms with E-state index in [0.29, 0.717) is 12.2 Å². The lowest BCUT2D eigenvalue weighted by Crippen LogP contribution is -2.33. The second-order valence-electron chi connectivity index (χ2n) is 6.83. The second-order valence-corrected chi connectivity index (χ2v) is 6.83. The number of amides is 3. The summed E-state index contributed by atoms with van der Waals surface area (Å²) in [5.41, 5.74) is 2.74. The molecule has 1 aliphatic heterocycles. The van der Waals surface area contributed by atoms with Crippen LogP contribution in [0.25, 0.3) is 16.6 Å². The maximum Gasteiger partial charge on any atom is 0.325 e. The number of urea groups is 1. The van der Waals surface area contributed by atoms with Crippen LogP contribution in [0.5, 0.6) is 0 Å². The van der Waals surface area contributed by atoms with Crippen molar-refractivity contribution in [2.24, 2.45) is 0 Å². The van der Waals surface area contributed by atoms with Crippen molar-refractivity contribution < 1.29 is 9.59 Å². The summed E-state index contributed by atoms with van der Waals surface area (Å²) in [5, 5.41) is 15.5. The lowest BCUT2D eigenvalue weighted by atomic mass is 10.1. The first-order valence-corrected chi connectivity index (χ1v) is 9.20. The fourth-order valence-corrected chi connectivity index (χ4v) is 3.60. The number of hydrogen-bond acceptors (Lipinski definition) is 5. The van der Waals surface area contributed by atoms with Gasteiger partial charge in [0.15, 0.2) is 5.82 Å². The summed E-state index contributed by atoms with van der Waals surface area (Å²) >= 11 is 0. The molecular weight excluding hydrogens is 370 g/mol. The van der Waals surface area contributed by atoms with Crippen molar-refractivity contribution >= 4 is 22.8 Å². The predicted octanol–water partition coefficient (Wildman–Crippen LogP) is 1.81. The molecule has 0 spiro atoms. The lowest BCUT2D eigenvalue weighted by Gasteiger charge is -2.12. The van der Waals surface area contributed by atoms with Crippen molar-refractivity contribution in [1.82, 2.24) is 35.4 Å². The number of nitrogens with one attached hydrogen (secondary N) is 2. The van der Waals surface area contributed by atoms with Crippen molar-refractivity contribution in [2.75, 3.05) is 0 Å². The number of carbonyl (C=O) groups excluding carboxylic acids is 2. The van der Waals surface area contributed by atoms with Crippen molar-refractivity contribution in [3.63, 3.8) is 0 Å². The molecule has 2 aromatic carbocycles. The average molecular weight is 387 g/mol. The molecule has 2 aromatic heterocycles. The Balaban J connectivity index is 1.36. The molecular formula is C20H17N7O2. The number of nitrogens with zero attached hydrogens (tertiary/aromatic N) is 5. The Bertz CT molecular complexity index is 1200. The standard InChI is InChI=1S/C20H17N7O2/c28-19-17(10-13-11-21-16-9-5-4-8-15(13)16)22-20(29)26(19)12-18-23-24-25-27(18)14-6-2-1-3-7-14/h1-9,11,17,21H,10,12H2,(H,22,29)/t17-/m0/s1. The summed E-state index contributed by atoms with van der Waals surface area (Å²) in [7, 11) is 0. The van der Waals surface area contributed by atoms with Crippen molar-refractivity contribution in [1.29, 1.82) is 0 Å². The van der Waals surface area contributed by atoms with Gasteiger partial charge >= 0.3 is 6.03 Å². The molecule has 144 valence electrons. The summed E-state index contributed by atoms with van der Waals surface area (Å²) in [6.45, 7) is -0.00303. The quantitative estimate of drug-likeness (QED) is 0.508. The largest absolute Gasteiger partial charge is 0.361 e. The van der Waals surface area contributed by atoms with E-state index in [4.69, 9.17) is 0 Å². The van der Waals surface area contributed by atoms with E-state index < -0.39 is 12.1 Å². The summed E-state index contributed by atoms with van der Waals surface area (Å²) in [6.07, 6.45) is 2.29. The first-order valence-electron chi connectivity index (χ1n) is 9.20. The molecule has 0 radical (unpaired) electrons. The van der Waals surface area contributed by atoms with Crippen LogP contribution in [0.15, 0.2) is 60.8 Å². The van der Waals surface area contributed by atoms with Crippen LogP contribution in [0.1, 0.15) is 11.4 Å². The molecule has 4 aromatic rings. The minimum Gasteiger partial charge on any atom is -0.361 e. The van der Waals surface area contributed by atoms with Gasteiger partial charge in [0.25, 0.3) is 5.91 Å². The molecule has 1 saturated heterocycles. The number of benzene rings is 2. The summed E-state index contributed by atoms with van der Waals surface area (Å²) in [6, 6.07) is 16.1. The molecule has 3 amide bonds. The van der Waals surface area contributed by atoms with Gasteiger partial charge in [0, 0.05) is 23.5 Å². The Morgan fingerprint density at radius 2 is 1.79 bits per heavy atom. The minimum atomic E-state index is -0.622. The maximum absolute atomic E-state index is 12.9. The van der Waals surface area contributed by atoms with E-state index in [-0.39, 0.29) is 12.5 Å². The van der Waals surface area contributed by atoms with Crippen molar-refractivity contribution in [3.05, 3.63) is 72.2 Å². The number of imide groups is 1. The van der Waals surface area contributed by atoms with Crippen LogP contribution in [-0.4, -0.2) is 48.1 Å². The molecule has 29 heavy (non-hydrogen) atoms. The summed E-state index contributed by atoms with van der Waals surface area (Å²) < 4.78 is 1.52. The first kappa shape index (κ1) is 17.1. The van der Waals surface area contributed by atoms with E-state index >= 15 is 0 Å². The topological polar surface area (TPSA) is 109 Å². The molecule has 2 N–H and O–H groups in total.